The Morgan fingerprint density at radius 2 is 1.76 bits per heavy atom. The summed E-state index contributed by atoms with van der Waals surface area (Å²) in [5.41, 5.74) is 0.517. The average Bonchev–Trinajstić information content (AvgIpc) is 2.48. The second-order valence-corrected chi connectivity index (χ2v) is 4.79. The zero-order valence-electron chi connectivity index (χ0n) is 12.2. The summed E-state index contributed by atoms with van der Waals surface area (Å²) in [5, 5.41) is 9.41. The van der Waals surface area contributed by atoms with E-state index in [-0.39, 0.29) is 5.75 Å². The first kappa shape index (κ1) is 15.3. The van der Waals surface area contributed by atoms with Gasteiger partial charge in [-0.15, -0.1) is 0 Å². The second-order valence-electron chi connectivity index (χ2n) is 4.79. The molecule has 0 saturated heterocycles. The lowest BCUT2D eigenvalue weighted by molar-refractivity contribution is 0.198. The second kappa shape index (κ2) is 7.09. The number of hydrogen-bond acceptors (Lipinski definition) is 3. The minimum atomic E-state index is -0.705. The smallest absolute Gasteiger partial charge is 0.166 e. The van der Waals surface area contributed by atoms with Crippen LogP contribution in [0.25, 0.3) is 0 Å². The van der Waals surface area contributed by atoms with Crippen molar-refractivity contribution in [3.63, 3.8) is 0 Å². The predicted octanol–water partition coefficient (Wildman–Crippen LogP) is 4.46. The van der Waals surface area contributed by atoms with Gasteiger partial charge < -0.3 is 14.6 Å². The summed E-state index contributed by atoms with van der Waals surface area (Å²) >= 11 is 0. The lowest BCUT2D eigenvalue weighted by Gasteiger charge is -2.10. The van der Waals surface area contributed by atoms with Gasteiger partial charge in [0.25, 0.3) is 0 Å². The van der Waals surface area contributed by atoms with E-state index < -0.39 is 11.9 Å². The number of ether oxygens (including phenoxy) is 2. The molecule has 1 atom stereocenters. The van der Waals surface area contributed by atoms with E-state index in [1.54, 1.807) is 37.3 Å². The molecule has 0 aliphatic carbocycles. The van der Waals surface area contributed by atoms with E-state index in [9.17, 15) is 9.50 Å². The van der Waals surface area contributed by atoms with Gasteiger partial charge in [-0.1, -0.05) is 13.0 Å². The third-order valence-electron chi connectivity index (χ3n) is 2.96. The van der Waals surface area contributed by atoms with Crippen LogP contribution in [-0.4, -0.2) is 11.7 Å². The Bertz CT molecular complexity index is 579. The van der Waals surface area contributed by atoms with Crippen molar-refractivity contribution < 1.29 is 19.0 Å². The number of hydrogen-bond donors (Lipinski definition) is 1. The van der Waals surface area contributed by atoms with E-state index in [0.717, 1.165) is 12.2 Å². The third kappa shape index (κ3) is 4.20. The molecule has 0 bridgehead atoms. The minimum absolute atomic E-state index is 0.127. The van der Waals surface area contributed by atoms with Gasteiger partial charge in [0.15, 0.2) is 11.6 Å². The number of aliphatic hydroxyl groups excluding tert-OH is 1. The summed E-state index contributed by atoms with van der Waals surface area (Å²) in [4.78, 5) is 0. The maximum atomic E-state index is 13.9. The molecule has 0 aliphatic rings. The lowest BCUT2D eigenvalue weighted by Crippen LogP contribution is -1.96. The van der Waals surface area contributed by atoms with Gasteiger partial charge in [-0.05, 0) is 55.3 Å². The maximum Gasteiger partial charge on any atom is 0.166 e. The fourth-order valence-electron chi connectivity index (χ4n) is 1.81. The topological polar surface area (TPSA) is 38.7 Å². The molecule has 1 unspecified atom stereocenters. The molecule has 2 aromatic carbocycles. The Kier molecular flexibility index (Phi) is 5.17. The summed E-state index contributed by atoms with van der Waals surface area (Å²) in [6.07, 6.45) is 0.238. The summed E-state index contributed by atoms with van der Waals surface area (Å²) in [6.45, 7) is 4.29. The van der Waals surface area contributed by atoms with Crippen molar-refractivity contribution in [1.29, 1.82) is 0 Å². The first-order valence-electron chi connectivity index (χ1n) is 6.98. The third-order valence-corrected chi connectivity index (χ3v) is 2.96. The molecule has 1 N–H and O–H groups in total. The summed E-state index contributed by atoms with van der Waals surface area (Å²) in [5.74, 6) is 0.915. The molecule has 0 saturated carbocycles. The zero-order valence-corrected chi connectivity index (χ0v) is 12.2. The van der Waals surface area contributed by atoms with Crippen LogP contribution < -0.4 is 9.47 Å². The van der Waals surface area contributed by atoms with Crippen molar-refractivity contribution in [3.8, 4) is 17.2 Å². The van der Waals surface area contributed by atoms with Crippen LogP contribution in [0.2, 0.25) is 0 Å². The molecule has 4 heteroatoms. The molecule has 112 valence electrons. The number of aliphatic hydroxyl groups is 1. The first-order valence-corrected chi connectivity index (χ1v) is 6.98. The molecule has 0 fully saturated rings. The SMILES string of the molecule is CCCOc1ccc(Oc2ccc(C(C)O)cc2F)cc1. The molecule has 3 nitrogen and oxygen atoms in total. The van der Waals surface area contributed by atoms with E-state index in [1.807, 2.05) is 6.92 Å². The van der Waals surface area contributed by atoms with Crippen molar-refractivity contribution in [2.75, 3.05) is 6.61 Å². The highest BCUT2D eigenvalue weighted by molar-refractivity contribution is 5.37. The molecule has 0 spiro atoms. The molecule has 0 amide bonds. The largest absolute Gasteiger partial charge is 0.494 e. The predicted molar refractivity (Wildman–Crippen MR) is 79.3 cm³/mol. The average molecular weight is 290 g/mol. The normalized spacial score (nSPS) is 12.0. The fraction of sp³-hybridized carbons (Fsp3) is 0.294. The van der Waals surface area contributed by atoms with Crippen molar-refractivity contribution in [2.45, 2.75) is 26.4 Å². The first-order chi connectivity index (χ1) is 10.1. The Hall–Kier alpha value is -2.07. The Balaban J connectivity index is 2.07. The molecular weight excluding hydrogens is 271 g/mol. The zero-order chi connectivity index (χ0) is 15.2. The summed E-state index contributed by atoms with van der Waals surface area (Å²) in [6, 6.07) is 11.5. The van der Waals surface area contributed by atoms with Crippen molar-refractivity contribution in [3.05, 3.63) is 53.8 Å². The number of benzene rings is 2. The molecular formula is C17H19FO3. The summed E-state index contributed by atoms with van der Waals surface area (Å²) < 4.78 is 24.8. The van der Waals surface area contributed by atoms with Gasteiger partial charge in [0.1, 0.15) is 11.5 Å². The van der Waals surface area contributed by atoms with Crippen molar-refractivity contribution in [1.82, 2.24) is 0 Å². The molecule has 2 aromatic rings. The molecule has 21 heavy (non-hydrogen) atoms. The van der Waals surface area contributed by atoms with Crippen molar-refractivity contribution >= 4 is 0 Å². The van der Waals surface area contributed by atoms with Crippen LogP contribution in [0.5, 0.6) is 17.2 Å². The van der Waals surface area contributed by atoms with Crippen LogP contribution in [-0.2, 0) is 0 Å². The monoisotopic (exact) mass is 290 g/mol. The van der Waals surface area contributed by atoms with Gasteiger partial charge in [-0.3, -0.25) is 0 Å². The van der Waals surface area contributed by atoms with E-state index >= 15 is 0 Å². The number of rotatable bonds is 6. The van der Waals surface area contributed by atoms with Crippen LogP contribution in [0.4, 0.5) is 4.39 Å². The standard InChI is InChI=1S/C17H19FO3/c1-3-10-20-14-5-7-15(8-6-14)21-17-9-4-13(12(2)19)11-16(17)18/h4-9,11-12,19H,3,10H2,1-2H3. The van der Waals surface area contributed by atoms with Crippen LogP contribution in [0.3, 0.4) is 0 Å². The van der Waals surface area contributed by atoms with Gasteiger partial charge in [0, 0.05) is 0 Å². The van der Waals surface area contributed by atoms with Gasteiger partial charge in [0.2, 0.25) is 0 Å². The fourth-order valence-corrected chi connectivity index (χ4v) is 1.81. The van der Waals surface area contributed by atoms with Gasteiger partial charge in [0.05, 0.1) is 12.7 Å². The highest BCUT2D eigenvalue weighted by atomic mass is 19.1. The molecule has 0 heterocycles. The minimum Gasteiger partial charge on any atom is -0.494 e. The van der Waals surface area contributed by atoms with Crippen molar-refractivity contribution in [2.24, 2.45) is 0 Å². The van der Waals surface area contributed by atoms with Crippen LogP contribution in [0, 0.1) is 5.82 Å². The molecule has 0 aromatic heterocycles. The van der Waals surface area contributed by atoms with Crippen LogP contribution in [0.15, 0.2) is 42.5 Å². The van der Waals surface area contributed by atoms with Gasteiger partial charge >= 0.3 is 0 Å². The Morgan fingerprint density at radius 3 is 2.33 bits per heavy atom. The van der Waals surface area contributed by atoms with Gasteiger partial charge in [-0.2, -0.15) is 0 Å². The molecule has 2 rings (SSSR count). The Morgan fingerprint density at radius 1 is 1.10 bits per heavy atom. The maximum absolute atomic E-state index is 13.9. The highest BCUT2D eigenvalue weighted by Gasteiger charge is 2.09. The number of halogens is 1. The molecule has 0 radical (unpaired) electrons. The lowest BCUT2D eigenvalue weighted by atomic mass is 10.1. The Labute approximate surface area is 124 Å². The van der Waals surface area contributed by atoms with E-state index in [4.69, 9.17) is 9.47 Å². The van der Waals surface area contributed by atoms with Gasteiger partial charge in [-0.25, -0.2) is 4.39 Å². The molecule has 0 aliphatic heterocycles. The quantitative estimate of drug-likeness (QED) is 0.853. The van der Waals surface area contributed by atoms with Crippen LogP contribution in [0.1, 0.15) is 31.9 Å². The highest BCUT2D eigenvalue weighted by Crippen LogP contribution is 2.28. The van der Waals surface area contributed by atoms with E-state index in [2.05, 4.69) is 0 Å². The van der Waals surface area contributed by atoms with E-state index in [1.165, 1.54) is 12.1 Å². The van der Waals surface area contributed by atoms with Crippen LogP contribution >= 0.6 is 0 Å². The summed E-state index contributed by atoms with van der Waals surface area (Å²) in [7, 11) is 0. The van der Waals surface area contributed by atoms with E-state index in [0.29, 0.717) is 17.9 Å².